The summed E-state index contributed by atoms with van der Waals surface area (Å²) >= 11 is 0. The maximum absolute atomic E-state index is 12.2. The first-order valence-electron chi connectivity index (χ1n) is 6.99. The molecule has 0 aliphatic rings. The zero-order valence-corrected chi connectivity index (χ0v) is 12.8. The van der Waals surface area contributed by atoms with Gasteiger partial charge >= 0.3 is 0 Å². The number of amides is 1. The van der Waals surface area contributed by atoms with E-state index in [2.05, 4.69) is 10.4 Å². The van der Waals surface area contributed by atoms with Crippen molar-refractivity contribution in [2.75, 3.05) is 0 Å². The fourth-order valence-corrected chi connectivity index (χ4v) is 2.11. The highest BCUT2D eigenvalue weighted by Gasteiger charge is 2.19. The van der Waals surface area contributed by atoms with Crippen molar-refractivity contribution in [2.45, 2.75) is 32.9 Å². The number of carbonyl (C=O) groups excluding carboxylic acids is 1. The van der Waals surface area contributed by atoms with Gasteiger partial charge in [0.1, 0.15) is 5.75 Å². The van der Waals surface area contributed by atoms with E-state index in [1.165, 1.54) is 0 Å². The van der Waals surface area contributed by atoms with Gasteiger partial charge in [0.15, 0.2) is 6.10 Å². The largest absolute Gasteiger partial charge is 0.481 e. The van der Waals surface area contributed by atoms with Gasteiger partial charge in [0.2, 0.25) is 0 Å². The highest BCUT2D eigenvalue weighted by atomic mass is 16.5. The highest BCUT2D eigenvalue weighted by Crippen LogP contribution is 2.17. The van der Waals surface area contributed by atoms with Crippen LogP contribution in [0, 0.1) is 6.92 Å². The van der Waals surface area contributed by atoms with Crippen LogP contribution in [-0.2, 0) is 11.8 Å². The zero-order valence-electron chi connectivity index (χ0n) is 12.8. The normalized spacial score (nSPS) is 13.5. The van der Waals surface area contributed by atoms with Gasteiger partial charge in [-0.1, -0.05) is 18.2 Å². The van der Waals surface area contributed by atoms with E-state index in [1.54, 1.807) is 17.8 Å². The van der Waals surface area contributed by atoms with E-state index in [-0.39, 0.29) is 11.9 Å². The first-order valence-corrected chi connectivity index (χ1v) is 6.99. The summed E-state index contributed by atoms with van der Waals surface area (Å²) in [5, 5.41) is 7.14. The number of rotatable bonds is 5. The third-order valence-electron chi connectivity index (χ3n) is 3.52. The van der Waals surface area contributed by atoms with E-state index < -0.39 is 6.10 Å². The molecule has 0 saturated carbocycles. The minimum Gasteiger partial charge on any atom is -0.481 e. The van der Waals surface area contributed by atoms with E-state index in [0.29, 0.717) is 5.75 Å². The lowest BCUT2D eigenvalue weighted by Crippen LogP contribution is -2.37. The number of benzene rings is 1. The van der Waals surface area contributed by atoms with Crippen molar-refractivity contribution in [3.63, 3.8) is 0 Å². The molecule has 1 aromatic carbocycles. The Labute approximate surface area is 124 Å². The molecule has 0 fully saturated rings. The first-order chi connectivity index (χ1) is 9.99. The molecule has 0 aliphatic carbocycles. The van der Waals surface area contributed by atoms with Crippen molar-refractivity contribution >= 4 is 5.91 Å². The van der Waals surface area contributed by atoms with Crippen LogP contribution in [0.4, 0.5) is 0 Å². The predicted molar refractivity (Wildman–Crippen MR) is 81.0 cm³/mol. The van der Waals surface area contributed by atoms with E-state index in [0.717, 1.165) is 11.3 Å². The molecule has 2 rings (SSSR count). The predicted octanol–water partition coefficient (Wildman–Crippen LogP) is 2.37. The Balaban J connectivity index is 1.96. The van der Waals surface area contributed by atoms with Crippen LogP contribution in [0.25, 0.3) is 0 Å². The smallest absolute Gasteiger partial charge is 0.261 e. The Morgan fingerprint density at radius 1 is 1.29 bits per heavy atom. The number of aromatic nitrogens is 2. The van der Waals surface area contributed by atoms with Crippen LogP contribution >= 0.6 is 0 Å². The molecule has 0 aliphatic heterocycles. The van der Waals surface area contributed by atoms with Gasteiger partial charge in [-0.2, -0.15) is 5.10 Å². The molecular formula is C16H21N3O2. The van der Waals surface area contributed by atoms with Crippen molar-refractivity contribution in [1.82, 2.24) is 15.1 Å². The van der Waals surface area contributed by atoms with Crippen LogP contribution in [0.2, 0.25) is 0 Å². The second-order valence-electron chi connectivity index (χ2n) is 5.11. The molecule has 0 radical (unpaired) electrons. The summed E-state index contributed by atoms with van der Waals surface area (Å²) < 4.78 is 7.41. The molecule has 0 bridgehead atoms. The molecule has 5 heteroatoms. The van der Waals surface area contributed by atoms with Crippen LogP contribution in [0.3, 0.4) is 0 Å². The lowest BCUT2D eigenvalue weighted by molar-refractivity contribution is -0.127. The minimum absolute atomic E-state index is 0.104. The van der Waals surface area contributed by atoms with Crippen LogP contribution in [0.5, 0.6) is 5.75 Å². The van der Waals surface area contributed by atoms with Crippen molar-refractivity contribution in [3.8, 4) is 5.75 Å². The van der Waals surface area contributed by atoms with Crippen LogP contribution < -0.4 is 10.1 Å². The van der Waals surface area contributed by atoms with Gasteiger partial charge in [-0.25, -0.2) is 0 Å². The zero-order chi connectivity index (χ0) is 15.4. The van der Waals surface area contributed by atoms with Gasteiger partial charge in [-0.05, 0) is 32.9 Å². The number of aryl methyl sites for hydroxylation is 1. The maximum Gasteiger partial charge on any atom is 0.261 e. The standard InChI is InChI=1S/C16H21N3O2/c1-11(15-10-17-19(4)12(15)2)18-16(20)13(3)21-14-8-6-5-7-9-14/h5-11,13H,1-4H3,(H,18,20)/t11-,13+/m0/s1. The molecule has 5 nitrogen and oxygen atoms in total. The SMILES string of the molecule is Cc1c([C@H](C)NC(=O)[C@@H](C)Oc2ccccc2)cnn1C. The summed E-state index contributed by atoms with van der Waals surface area (Å²) in [7, 11) is 1.88. The second kappa shape index (κ2) is 6.43. The van der Waals surface area contributed by atoms with Gasteiger partial charge in [-0.3, -0.25) is 9.48 Å². The molecule has 1 heterocycles. The van der Waals surface area contributed by atoms with Crippen LogP contribution in [0.1, 0.15) is 31.1 Å². The average Bonchev–Trinajstić information content (AvgIpc) is 2.80. The maximum atomic E-state index is 12.2. The summed E-state index contributed by atoms with van der Waals surface area (Å²) in [5.74, 6) is 0.542. The topological polar surface area (TPSA) is 56.1 Å². The monoisotopic (exact) mass is 287 g/mol. The number of hydrogen-bond acceptors (Lipinski definition) is 3. The van der Waals surface area contributed by atoms with E-state index >= 15 is 0 Å². The molecule has 2 atom stereocenters. The second-order valence-corrected chi connectivity index (χ2v) is 5.11. The molecule has 0 saturated heterocycles. The van der Waals surface area contributed by atoms with E-state index in [1.807, 2.05) is 51.2 Å². The number of para-hydroxylation sites is 1. The number of ether oxygens (including phenoxy) is 1. The molecule has 1 N–H and O–H groups in total. The number of nitrogens with zero attached hydrogens (tertiary/aromatic N) is 2. The van der Waals surface area contributed by atoms with Crippen molar-refractivity contribution in [2.24, 2.45) is 7.05 Å². The number of nitrogens with one attached hydrogen (secondary N) is 1. The van der Waals surface area contributed by atoms with Gasteiger partial charge in [-0.15, -0.1) is 0 Å². The summed E-state index contributed by atoms with van der Waals surface area (Å²) in [5.41, 5.74) is 2.05. The third-order valence-corrected chi connectivity index (χ3v) is 3.52. The number of carbonyl (C=O) groups is 1. The molecule has 0 unspecified atom stereocenters. The van der Waals surface area contributed by atoms with Crippen molar-refractivity contribution < 1.29 is 9.53 Å². The van der Waals surface area contributed by atoms with E-state index in [4.69, 9.17) is 4.74 Å². The molecule has 112 valence electrons. The Hall–Kier alpha value is -2.30. The van der Waals surface area contributed by atoms with Crippen molar-refractivity contribution in [3.05, 3.63) is 47.8 Å². The summed E-state index contributed by atoms with van der Waals surface area (Å²) in [6, 6.07) is 9.22. The first kappa shape index (κ1) is 15.1. The van der Waals surface area contributed by atoms with Crippen molar-refractivity contribution in [1.29, 1.82) is 0 Å². The summed E-state index contributed by atoms with van der Waals surface area (Å²) in [6.07, 6.45) is 1.23. The molecule has 0 spiro atoms. The average molecular weight is 287 g/mol. The Morgan fingerprint density at radius 2 is 1.95 bits per heavy atom. The van der Waals surface area contributed by atoms with Gasteiger partial charge in [0.25, 0.3) is 5.91 Å². The Kier molecular flexibility index (Phi) is 4.62. The molecule has 21 heavy (non-hydrogen) atoms. The summed E-state index contributed by atoms with van der Waals surface area (Å²) in [6.45, 7) is 5.66. The highest BCUT2D eigenvalue weighted by molar-refractivity contribution is 5.81. The lowest BCUT2D eigenvalue weighted by Gasteiger charge is -2.18. The molecule has 2 aromatic rings. The Bertz CT molecular complexity index is 607. The Morgan fingerprint density at radius 3 is 2.52 bits per heavy atom. The molecule has 1 aromatic heterocycles. The lowest BCUT2D eigenvalue weighted by atomic mass is 10.1. The summed E-state index contributed by atoms with van der Waals surface area (Å²) in [4.78, 5) is 12.2. The van der Waals surface area contributed by atoms with E-state index in [9.17, 15) is 4.79 Å². The fourth-order valence-electron chi connectivity index (χ4n) is 2.11. The fraction of sp³-hybridized carbons (Fsp3) is 0.375. The van der Waals surface area contributed by atoms with Gasteiger partial charge in [0, 0.05) is 18.3 Å². The number of hydrogen-bond donors (Lipinski definition) is 1. The van der Waals surface area contributed by atoms with Gasteiger partial charge in [0.05, 0.1) is 12.2 Å². The minimum atomic E-state index is -0.549. The van der Waals surface area contributed by atoms with Crippen LogP contribution in [0.15, 0.2) is 36.5 Å². The van der Waals surface area contributed by atoms with Gasteiger partial charge < -0.3 is 10.1 Å². The van der Waals surface area contributed by atoms with Crippen LogP contribution in [-0.4, -0.2) is 21.8 Å². The third kappa shape index (κ3) is 3.62. The molecular weight excluding hydrogens is 266 g/mol. The molecule has 1 amide bonds. The quantitative estimate of drug-likeness (QED) is 0.918.